The SMILES string of the molecule is O=C(OCC1c2ccccc2-c2ccccc21)N1C2C=C(c3c(F)cccc3Cl)CC1CC2. The third kappa shape index (κ3) is 3.36. The van der Waals surface area contributed by atoms with Gasteiger partial charge >= 0.3 is 6.09 Å². The van der Waals surface area contributed by atoms with E-state index in [9.17, 15) is 9.18 Å². The molecule has 1 aliphatic carbocycles. The maximum Gasteiger partial charge on any atom is 0.410 e. The second-order valence-corrected chi connectivity index (χ2v) is 9.41. The molecule has 1 fully saturated rings. The van der Waals surface area contributed by atoms with Crippen LogP contribution in [0.15, 0.2) is 72.8 Å². The smallest absolute Gasteiger partial charge is 0.410 e. The highest BCUT2D eigenvalue weighted by Gasteiger charge is 2.42. The van der Waals surface area contributed by atoms with Crippen LogP contribution in [0.1, 0.15) is 41.9 Å². The molecule has 2 atom stereocenters. The van der Waals surface area contributed by atoms with E-state index in [0.29, 0.717) is 23.6 Å². The van der Waals surface area contributed by atoms with Crippen molar-refractivity contribution < 1.29 is 13.9 Å². The first-order valence-electron chi connectivity index (χ1n) is 11.4. The van der Waals surface area contributed by atoms with Crippen LogP contribution in [-0.4, -0.2) is 29.7 Å². The second kappa shape index (κ2) is 8.03. The van der Waals surface area contributed by atoms with E-state index >= 15 is 0 Å². The lowest BCUT2D eigenvalue weighted by Gasteiger charge is -2.34. The molecule has 0 spiro atoms. The van der Waals surface area contributed by atoms with Gasteiger partial charge in [0, 0.05) is 17.5 Å². The van der Waals surface area contributed by atoms with Gasteiger partial charge in [-0.3, -0.25) is 4.90 Å². The normalized spacial score (nSPS) is 20.9. The first-order chi connectivity index (χ1) is 16.1. The Bertz CT molecular complexity index is 1220. The number of benzene rings is 3. The summed E-state index contributed by atoms with van der Waals surface area (Å²) in [6.07, 6.45) is 4.02. The first-order valence-corrected chi connectivity index (χ1v) is 11.8. The topological polar surface area (TPSA) is 29.5 Å². The summed E-state index contributed by atoms with van der Waals surface area (Å²) in [6, 6.07) is 21.3. The summed E-state index contributed by atoms with van der Waals surface area (Å²) in [5.74, 6) is -0.283. The van der Waals surface area contributed by atoms with Gasteiger partial charge in [-0.25, -0.2) is 9.18 Å². The maximum absolute atomic E-state index is 14.5. The highest BCUT2D eigenvalue weighted by atomic mass is 35.5. The Hall–Kier alpha value is -3.11. The standard InChI is InChI=1S/C28H23ClFNO2/c29-25-10-5-11-26(30)27(25)17-14-18-12-13-19(15-17)31(18)28(32)33-16-24-22-8-3-1-6-20(22)21-7-2-4-9-23(21)24/h1-11,14,18-19,24H,12-13,15-16H2. The second-order valence-electron chi connectivity index (χ2n) is 9.00. The molecule has 3 aromatic carbocycles. The van der Waals surface area contributed by atoms with E-state index in [1.807, 2.05) is 35.2 Å². The number of carbonyl (C=O) groups is 1. The Morgan fingerprint density at radius 3 is 2.33 bits per heavy atom. The minimum absolute atomic E-state index is 0.00123. The number of rotatable bonds is 3. The molecule has 3 aliphatic rings. The number of hydrogen-bond acceptors (Lipinski definition) is 2. The van der Waals surface area contributed by atoms with E-state index in [4.69, 9.17) is 16.3 Å². The number of ether oxygens (including phenoxy) is 1. The highest BCUT2D eigenvalue weighted by Crippen LogP contribution is 2.45. The van der Waals surface area contributed by atoms with Crippen LogP contribution in [0.2, 0.25) is 5.02 Å². The zero-order valence-corrected chi connectivity index (χ0v) is 18.8. The zero-order chi connectivity index (χ0) is 22.5. The van der Waals surface area contributed by atoms with Crippen molar-refractivity contribution in [3.05, 3.63) is 100 Å². The van der Waals surface area contributed by atoms with Crippen LogP contribution >= 0.6 is 11.6 Å². The van der Waals surface area contributed by atoms with Crippen LogP contribution in [0.25, 0.3) is 16.7 Å². The van der Waals surface area contributed by atoms with E-state index < -0.39 is 0 Å². The third-order valence-electron chi connectivity index (χ3n) is 7.23. The van der Waals surface area contributed by atoms with Crippen LogP contribution in [-0.2, 0) is 4.74 Å². The van der Waals surface area contributed by atoms with Crippen LogP contribution in [0, 0.1) is 5.82 Å². The van der Waals surface area contributed by atoms with Crippen LogP contribution in [0.4, 0.5) is 9.18 Å². The summed E-state index contributed by atoms with van der Waals surface area (Å²) in [6.45, 7) is 0.304. The van der Waals surface area contributed by atoms with Gasteiger partial charge in [-0.15, -0.1) is 0 Å². The molecule has 3 aromatic rings. The average Bonchev–Trinajstić information content (AvgIpc) is 3.28. The summed E-state index contributed by atoms with van der Waals surface area (Å²) in [5.41, 5.74) is 6.16. The summed E-state index contributed by atoms with van der Waals surface area (Å²) in [5, 5.41) is 0.412. The van der Waals surface area contributed by atoms with Gasteiger partial charge in [0.2, 0.25) is 0 Å². The Morgan fingerprint density at radius 2 is 1.67 bits per heavy atom. The van der Waals surface area contributed by atoms with E-state index in [0.717, 1.165) is 18.4 Å². The van der Waals surface area contributed by atoms with Crippen molar-refractivity contribution in [2.45, 2.75) is 37.3 Å². The number of nitrogens with zero attached hydrogens (tertiary/aromatic N) is 1. The Morgan fingerprint density at radius 1 is 0.970 bits per heavy atom. The van der Waals surface area contributed by atoms with Crippen molar-refractivity contribution in [3.8, 4) is 11.1 Å². The van der Waals surface area contributed by atoms with Crippen LogP contribution in [0.5, 0.6) is 0 Å². The fraction of sp³-hybridized carbons (Fsp3) is 0.250. The summed E-state index contributed by atoms with van der Waals surface area (Å²) in [7, 11) is 0. The van der Waals surface area contributed by atoms with E-state index in [-0.39, 0.29) is 29.9 Å². The summed E-state index contributed by atoms with van der Waals surface area (Å²) in [4.78, 5) is 15.0. The molecule has 166 valence electrons. The predicted octanol–water partition coefficient (Wildman–Crippen LogP) is 7.05. The van der Waals surface area contributed by atoms with Gasteiger partial charge < -0.3 is 4.74 Å². The lowest BCUT2D eigenvalue weighted by Crippen LogP contribution is -2.43. The average molecular weight is 460 g/mol. The number of hydrogen-bond donors (Lipinski definition) is 0. The summed E-state index contributed by atoms with van der Waals surface area (Å²) < 4.78 is 20.4. The molecular formula is C28H23ClFNO2. The molecule has 0 N–H and O–H groups in total. The van der Waals surface area contributed by atoms with Gasteiger partial charge in [0.05, 0.1) is 11.1 Å². The van der Waals surface area contributed by atoms with Crippen molar-refractivity contribution in [3.63, 3.8) is 0 Å². The molecule has 2 heterocycles. The molecule has 0 radical (unpaired) electrons. The van der Waals surface area contributed by atoms with E-state index in [1.54, 1.807) is 12.1 Å². The molecule has 2 aliphatic heterocycles. The zero-order valence-electron chi connectivity index (χ0n) is 18.0. The van der Waals surface area contributed by atoms with Gasteiger partial charge in [0.15, 0.2) is 0 Å². The van der Waals surface area contributed by atoms with Gasteiger partial charge in [-0.1, -0.05) is 72.3 Å². The lowest BCUT2D eigenvalue weighted by atomic mass is 9.94. The van der Waals surface area contributed by atoms with E-state index in [2.05, 4.69) is 24.3 Å². The summed E-state index contributed by atoms with van der Waals surface area (Å²) >= 11 is 6.30. The molecule has 2 bridgehead atoms. The van der Waals surface area contributed by atoms with Crippen molar-refractivity contribution in [2.75, 3.05) is 6.61 Å². The monoisotopic (exact) mass is 459 g/mol. The van der Waals surface area contributed by atoms with Gasteiger partial charge in [0.25, 0.3) is 0 Å². The Kier molecular flexibility index (Phi) is 4.99. The minimum atomic E-state index is -0.317. The number of fused-ring (bicyclic) bond motifs is 5. The Labute approximate surface area is 197 Å². The molecule has 5 heteroatoms. The van der Waals surface area contributed by atoms with Crippen molar-refractivity contribution in [1.29, 1.82) is 0 Å². The fourth-order valence-electron chi connectivity index (χ4n) is 5.77. The minimum Gasteiger partial charge on any atom is -0.448 e. The lowest BCUT2D eigenvalue weighted by molar-refractivity contribution is 0.0866. The van der Waals surface area contributed by atoms with Crippen molar-refractivity contribution >= 4 is 23.3 Å². The molecule has 6 rings (SSSR count). The molecule has 0 aromatic heterocycles. The largest absolute Gasteiger partial charge is 0.448 e. The quantitative estimate of drug-likeness (QED) is 0.420. The third-order valence-corrected chi connectivity index (χ3v) is 7.54. The number of amides is 1. The molecular weight excluding hydrogens is 437 g/mol. The highest BCUT2D eigenvalue weighted by molar-refractivity contribution is 6.32. The van der Waals surface area contributed by atoms with Crippen molar-refractivity contribution in [1.82, 2.24) is 4.90 Å². The molecule has 33 heavy (non-hydrogen) atoms. The molecule has 1 amide bonds. The predicted molar refractivity (Wildman–Crippen MR) is 128 cm³/mol. The maximum atomic E-state index is 14.5. The van der Waals surface area contributed by atoms with Crippen LogP contribution in [0.3, 0.4) is 0 Å². The number of carbonyl (C=O) groups excluding carboxylic acids is 1. The van der Waals surface area contributed by atoms with Crippen molar-refractivity contribution in [2.24, 2.45) is 0 Å². The van der Waals surface area contributed by atoms with E-state index in [1.165, 1.54) is 28.3 Å². The molecule has 2 unspecified atom stereocenters. The molecule has 1 saturated heterocycles. The van der Waals surface area contributed by atoms with Gasteiger partial charge in [0.1, 0.15) is 12.4 Å². The number of halogens is 2. The first kappa shape index (κ1) is 20.5. The fourth-order valence-corrected chi connectivity index (χ4v) is 6.06. The van der Waals surface area contributed by atoms with Crippen LogP contribution < -0.4 is 0 Å². The molecule has 0 saturated carbocycles. The molecule has 3 nitrogen and oxygen atoms in total. The van der Waals surface area contributed by atoms with Gasteiger partial charge in [-0.05, 0) is 59.2 Å². The Balaban J connectivity index is 1.22. The van der Waals surface area contributed by atoms with Gasteiger partial charge in [-0.2, -0.15) is 0 Å².